The van der Waals surface area contributed by atoms with Gasteiger partial charge >= 0.3 is 0 Å². The van der Waals surface area contributed by atoms with Crippen LogP contribution in [0.2, 0.25) is 0 Å². The third kappa shape index (κ3) is 5.32. The van der Waals surface area contributed by atoms with E-state index in [4.69, 9.17) is 0 Å². The Balaban J connectivity index is 1.12. The maximum Gasteiger partial charge on any atom is 0.0546 e. The standard InChI is InChI=1S/C53H39N/c1-53(2)50-33-41(37-16-7-4-8-17-37)26-30-47(50)48-31-29-44(35-51(48)53)54(52-34-42-18-9-10-21-45(42)46-22-11-12-23-49(46)52)43-27-24-38(25-28-43)40-20-13-19-39(32-40)36-14-5-3-6-15-36/h3-35H,1-2H3. The van der Waals surface area contributed by atoms with Gasteiger partial charge in [-0.1, -0.05) is 172 Å². The summed E-state index contributed by atoms with van der Waals surface area (Å²) in [5.74, 6) is 0. The summed E-state index contributed by atoms with van der Waals surface area (Å²) in [6.45, 7) is 4.76. The average Bonchev–Trinajstić information content (AvgIpc) is 3.46. The van der Waals surface area contributed by atoms with Crippen LogP contribution in [0.15, 0.2) is 200 Å². The van der Waals surface area contributed by atoms with E-state index in [2.05, 4.69) is 219 Å². The van der Waals surface area contributed by atoms with Gasteiger partial charge in [-0.2, -0.15) is 0 Å². The molecule has 0 heterocycles. The van der Waals surface area contributed by atoms with Crippen molar-refractivity contribution in [2.24, 2.45) is 0 Å². The van der Waals surface area contributed by atoms with Crippen molar-refractivity contribution in [3.63, 3.8) is 0 Å². The number of benzene rings is 9. The molecule has 0 amide bonds. The SMILES string of the molecule is CC1(C)c2cc(-c3ccccc3)ccc2-c2ccc(N(c3ccc(-c4cccc(-c5ccccc5)c4)cc3)c3cc4ccccc4c4ccccc34)cc21. The monoisotopic (exact) mass is 689 g/mol. The van der Waals surface area contributed by atoms with E-state index in [0.717, 1.165) is 11.4 Å². The van der Waals surface area contributed by atoms with Crippen LogP contribution in [0.25, 0.3) is 66.1 Å². The summed E-state index contributed by atoms with van der Waals surface area (Å²) < 4.78 is 0. The van der Waals surface area contributed by atoms with Crippen LogP contribution in [0, 0.1) is 0 Å². The van der Waals surface area contributed by atoms with Gasteiger partial charge in [-0.05, 0) is 114 Å². The number of fused-ring (bicyclic) bond motifs is 6. The molecule has 0 bridgehead atoms. The summed E-state index contributed by atoms with van der Waals surface area (Å²) in [5, 5.41) is 4.98. The van der Waals surface area contributed by atoms with Crippen LogP contribution in [-0.2, 0) is 5.41 Å². The number of hydrogen-bond acceptors (Lipinski definition) is 1. The summed E-state index contributed by atoms with van der Waals surface area (Å²) in [4.78, 5) is 2.47. The highest BCUT2D eigenvalue weighted by molar-refractivity contribution is 6.14. The highest BCUT2D eigenvalue weighted by Crippen LogP contribution is 2.52. The quantitative estimate of drug-likeness (QED) is 0.157. The van der Waals surface area contributed by atoms with Gasteiger partial charge in [0.25, 0.3) is 0 Å². The van der Waals surface area contributed by atoms with Crippen molar-refractivity contribution in [3.8, 4) is 44.5 Å². The molecular formula is C53H39N. The summed E-state index contributed by atoms with van der Waals surface area (Å²) in [6, 6.07) is 73.4. The van der Waals surface area contributed by atoms with E-state index in [9.17, 15) is 0 Å². The van der Waals surface area contributed by atoms with E-state index in [0.29, 0.717) is 0 Å². The molecule has 0 aliphatic heterocycles. The molecule has 1 heteroatoms. The molecule has 0 N–H and O–H groups in total. The minimum absolute atomic E-state index is 0.170. The van der Waals surface area contributed by atoms with Gasteiger partial charge in [0, 0.05) is 22.2 Å². The zero-order valence-electron chi connectivity index (χ0n) is 30.5. The van der Waals surface area contributed by atoms with Crippen LogP contribution in [0.4, 0.5) is 17.1 Å². The summed E-state index contributed by atoms with van der Waals surface area (Å²) in [5.41, 5.74) is 16.0. The second kappa shape index (κ2) is 12.8. The van der Waals surface area contributed by atoms with Crippen molar-refractivity contribution in [1.82, 2.24) is 0 Å². The molecule has 0 fully saturated rings. The Hall–Kier alpha value is -6.70. The lowest BCUT2D eigenvalue weighted by molar-refractivity contribution is 0.660. The molecule has 0 unspecified atom stereocenters. The second-order valence-corrected chi connectivity index (χ2v) is 15.0. The molecule has 1 aliphatic carbocycles. The molecular weight excluding hydrogens is 651 g/mol. The maximum absolute atomic E-state index is 2.47. The van der Waals surface area contributed by atoms with Gasteiger partial charge < -0.3 is 4.90 Å². The molecule has 0 spiro atoms. The Morgan fingerprint density at radius 1 is 0.333 bits per heavy atom. The Morgan fingerprint density at radius 2 is 0.815 bits per heavy atom. The van der Waals surface area contributed by atoms with Gasteiger partial charge in [0.1, 0.15) is 0 Å². The molecule has 0 radical (unpaired) electrons. The van der Waals surface area contributed by atoms with E-state index >= 15 is 0 Å². The third-order valence-electron chi connectivity index (χ3n) is 11.4. The van der Waals surface area contributed by atoms with Crippen molar-refractivity contribution >= 4 is 38.6 Å². The molecule has 9 aromatic carbocycles. The van der Waals surface area contributed by atoms with Crippen molar-refractivity contribution in [1.29, 1.82) is 0 Å². The second-order valence-electron chi connectivity index (χ2n) is 15.0. The lowest BCUT2D eigenvalue weighted by atomic mass is 9.81. The lowest BCUT2D eigenvalue weighted by Crippen LogP contribution is -2.17. The smallest absolute Gasteiger partial charge is 0.0546 e. The molecule has 9 aromatic rings. The van der Waals surface area contributed by atoms with Gasteiger partial charge in [0.05, 0.1) is 5.69 Å². The van der Waals surface area contributed by atoms with Crippen LogP contribution >= 0.6 is 0 Å². The largest absolute Gasteiger partial charge is 0.310 e. The van der Waals surface area contributed by atoms with Gasteiger partial charge in [-0.15, -0.1) is 0 Å². The van der Waals surface area contributed by atoms with E-state index in [1.807, 2.05) is 0 Å². The van der Waals surface area contributed by atoms with Crippen LogP contribution in [0.5, 0.6) is 0 Å². The summed E-state index contributed by atoms with van der Waals surface area (Å²) in [7, 11) is 0. The molecule has 0 saturated carbocycles. The van der Waals surface area contributed by atoms with Crippen LogP contribution in [-0.4, -0.2) is 0 Å². The number of nitrogens with zero attached hydrogens (tertiary/aromatic N) is 1. The van der Waals surface area contributed by atoms with Crippen LogP contribution in [0.1, 0.15) is 25.0 Å². The predicted octanol–water partition coefficient (Wildman–Crippen LogP) is 14.8. The van der Waals surface area contributed by atoms with E-state index in [1.165, 1.54) is 82.9 Å². The fourth-order valence-electron chi connectivity index (χ4n) is 8.63. The zero-order chi connectivity index (χ0) is 36.2. The van der Waals surface area contributed by atoms with Gasteiger partial charge in [-0.25, -0.2) is 0 Å². The number of hydrogen-bond donors (Lipinski definition) is 0. The Bertz CT molecular complexity index is 2830. The molecule has 256 valence electrons. The molecule has 1 aliphatic rings. The van der Waals surface area contributed by atoms with Crippen molar-refractivity contribution in [3.05, 3.63) is 211 Å². The molecule has 54 heavy (non-hydrogen) atoms. The topological polar surface area (TPSA) is 3.24 Å². The van der Waals surface area contributed by atoms with Crippen molar-refractivity contribution in [2.75, 3.05) is 4.90 Å². The highest BCUT2D eigenvalue weighted by atomic mass is 15.1. The minimum Gasteiger partial charge on any atom is -0.310 e. The molecule has 1 nitrogen and oxygen atoms in total. The average molecular weight is 690 g/mol. The first-order valence-corrected chi connectivity index (χ1v) is 18.8. The molecule has 0 atom stereocenters. The molecule has 0 saturated heterocycles. The first kappa shape index (κ1) is 32.0. The fraction of sp³-hybridized carbons (Fsp3) is 0.0566. The van der Waals surface area contributed by atoms with E-state index in [-0.39, 0.29) is 5.41 Å². The predicted molar refractivity (Wildman–Crippen MR) is 230 cm³/mol. The van der Waals surface area contributed by atoms with Crippen LogP contribution < -0.4 is 4.90 Å². The lowest BCUT2D eigenvalue weighted by Gasteiger charge is -2.29. The fourth-order valence-corrected chi connectivity index (χ4v) is 8.63. The molecule has 10 rings (SSSR count). The summed E-state index contributed by atoms with van der Waals surface area (Å²) in [6.07, 6.45) is 0. The van der Waals surface area contributed by atoms with Gasteiger partial charge in [0.2, 0.25) is 0 Å². The van der Waals surface area contributed by atoms with E-state index < -0.39 is 0 Å². The van der Waals surface area contributed by atoms with Gasteiger partial charge in [-0.3, -0.25) is 0 Å². The van der Waals surface area contributed by atoms with Crippen molar-refractivity contribution < 1.29 is 0 Å². The maximum atomic E-state index is 2.47. The number of anilines is 3. The minimum atomic E-state index is -0.170. The Morgan fingerprint density at radius 3 is 1.50 bits per heavy atom. The molecule has 0 aromatic heterocycles. The Kier molecular flexibility index (Phi) is 7.56. The summed E-state index contributed by atoms with van der Waals surface area (Å²) >= 11 is 0. The normalized spacial score (nSPS) is 12.8. The first-order valence-electron chi connectivity index (χ1n) is 18.8. The third-order valence-corrected chi connectivity index (χ3v) is 11.4. The number of rotatable bonds is 6. The Labute approximate surface area is 317 Å². The van der Waals surface area contributed by atoms with Gasteiger partial charge in [0.15, 0.2) is 0 Å². The zero-order valence-corrected chi connectivity index (χ0v) is 30.5. The first-order chi connectivity index (χ1) is 26.5. The van der Waals surface area contributed by atoms with Crippen molar-refractivity contribution in [2.45, 2.75) is 19.3 Å². The van der Waals surface area contributed by atoms with E-state index in [1.54, 1.807) is 0 Å². The highest BCUT2D eigenvalue weighted by Gasteiger charge is 2.36. The van der Waals surface area contributed by atoms with Crippen LogP contribution in [0.3, 0.4) is 0 Å².